The first-order valence-corrected chi connectivity index (χ1v) is 10.1. The molecule has 5 heteroatoms. The number of anilines is 1. The first-order chi connectivity index (χ1) is 13.6. The minimum atomic E-state index is -0.560. The van der Waals surface area contributed by atoms with Gasteiger partial charge in [-0.1, -0.05) is 35.7 Å². The zero-order valence-corrected chi connectivity index (χ0v) is 16.4. The fourth-order valence-electron chi connectivity index (χ4n) is 2.71. The molecule has 2 heterocycles. The van der Waals surface area contributed by atoms with Gasteiger partial charge in [0.15, 0.2) is 0 Å². The molecule has 4 nitrogen and oxygen atoms in total. The smallest absolute Gasteiger partial charge is 0.123 e. The molecule has 1 atom stereocenters. The van der Waals surface area contributed by atoms with Gasteiger partial charge in [0.1, 0.15) is 5.82 Å². The fraction of sp³-hybridized carbons (Fsp3) is 0.217. The lowest BCUT2D eigenvalue weighted by molar-refractivity contribution is 0.199. The summed E-state index contributed by atoms with van der Waals surface area (Å²) in [7, 11) is 0. The highest BCUT2D eigenvalue weighted by Gasteiger charge is 2.18. The maximum Gasteiger partial charge on any atom is 0.123 e. The summed E-state index contributed by atoms with van der Waals surface area (Å²) >= 11 is 1.63. The van der Waals surface area contributed by atoms with Crippen molar-refractivity contribution in [2.45, 2.75) is 35.7 Å². The van der Waals surface area contributed by atoms with Gasteiger partial charge in [0.05, 0.1) is 17.4 Å². The summed E-state index contributed by atoms with van der Waals surface area (Å²) in [6.07, 6.45) is 5.30. The Balaban J connectivity index is 1.61. The summed E-state index contributed by atoms with van der Waals surface area (Å²) in [5.74, 6) is 7.61. The molecule has 2 aromatic heterocycles. The highest BCUT2D eigenvalue weighted by molar-refractivity contribution is 7.99. The van der Waals surface area contributed by atoms with Crippen molar-refractivity contribution >= 4 is 17.6 Å². The second-order valence-electron chi connectivity index (χ2n) is 6.93. The molecule has 0 saturated heterocycles. The van der Waals surface area contributed by atoms with Gasteiger partial charge in [-0.05, 0) is 55.7 Å². The van der Waals surface area contributed by atoms with Crippen LogP contribution >= 0.6 is 11.8 Å². The Morgan fingerprint density at radius 3 is 2.46 bits per heavy atom. The molecule has 1 saturated carbocycles. The molecule has 1 fully saturated rings. The molecule has 140 valence electrons. The maximum atomic E-state index is 9.89. The molecule has 28 heavy (non-hydrogen) atoms. The topological polar surface area (TPSA) is 72.0 Å². The molecular formula is C23H21N3OS. The molecule has 0 spiro atoms. The second kappa shape index (κ2) is 8.05. The molecule has 4 rings (SSSR count). The van der Waals surface area contributed by atoms with Crippen LogP contribution in [0.1, 0.15) is 37.0 Å². The summed E-state index contributed by atoms with van der Waals surface area (Å²) in [5, 5.41) is 9.89. The Bertz CT molecular complexity index is 1030. The van der Waals surface area contributed by atoms with Crippen LogP contribution < -0.4 is 5.73 Å². The van der Waals surface area contributed by atoms with Crippen LogP contribution in [0.2, 0.25) is 0 Å². The minimum absolute atomic E-state index is 0.510. The number of benzene rings is 1. The normalized spacial score (nSPS) is 14.2. The van der Waals surface area contributed by atoms with Crippen molar-refractivity contribution in [2.24, 2.45) is 5.92 Å². The fourth-order valence-corrected chi connectivity index (χ4v) is 3.50. The lowest BCUT2D eigenvalue weighted by atomic mass is 10.0. The van der Waals surface area contributed by atoms with Gasteiger partial charge in [-0.3, -0.25) is 4.98 Å². The number of aliphatic hydroxyl groups is 1. The number of nitrogens with zero attached hydrogens (tertiary/aromatic N) is 2. The Morgan fingerprint density at radius 1 is 1.07 bits per heavy atom. The summed E-state index contributed by atoms with van der Waals surface area (Å²) in [6, 6.07) is 14.0. The Labute approximate surface area is 169 Å². The van der Waals surface area contributed by atoms with Gasteiger partial charge < -0.3 is 10.8 Å². The van der Waals surface area contributed by atoms with Gasteiger partial charge in [-0.2, -0.15) is 0 Å². The Kier molecular flexibility index (Phi) is 5.34. The molecule has 1 aliphatic carbocycles. The molecule has 0 radical (unpaired) electrons. The van der Waals surface area contributed by atoms with Crippen molar-refractivity contribution in [3.05, 3.63) is 66.0 Å². The van der Waals surface area contributed by atoms with Crippen molar-refractivity contribution in [1.82, 2.24) is 9.97 Å². The third-order valence-electron chi connectivity index (χ3n) is 4.50. The van der Waals surface area contributed by atoms with Gasteiger partial charge in [-0.25, -0.2) is 4.98 Å². The molecule has 3 N–H and O–H groups in total. The molecule has 0 amide bonds. The number of nitrogens with two attached hydrogens (primary N) is 1. The first kappa shape index (κ1) is 18.5. The van der Waals surface area contributed by atoms with Gasteiger partial charge in [0, 0.05) is 33.7 Å². The predicted octanol–water partition coefficient (Wildman–Crippen LogP) is 4.69. The van der Waals surface area contributed by atoms with Crippen molar-refractivity contribution in [1.29, 1.82) is 0 Å². The highest BCUT2D eigenvalue weighted by atomic mass is 32.2. The summed E-state index contributed by atoms with van der Waals surface area (Å²) < 4.78 is 0. The molecule has 1 unspecified atom stereocenters. The largest absolute Gasteiger partial charge is 0.389 e. The quantitative estimate of drug-likeness (QED) is 0.635. The average Bonchev–Trinajstić information content (AvgIpc) is 3.53. The van der Waals surface area contributed by atoms with E-state index >= 15 is 0 Å². The van der Waals surface area contributed by atoms with Crippen molar-refractivity contribution < 1.29 is 5.11 Å². The Morgan fingerprint density at radius 2 is 1.82 bits per heavy atom. The molecule has 0 bridgehead atoms. The van der Waals surface area contributed by atoms with E-state index in [4.69, 9.17) is 5.73 Å². The van der Waals surface area contributed by atoms with Crippen LogP contribution in [0.3, 0.4) is 0 Å². The lowest BCUT2D eigenvalue weighted by Gasteiger charge is -2.10. The van der Waals surface area contributed by atoms with Crippen LogP contribution in [-0.2, 0) is 0 Å². The van der Waals surface area contributed by atoms with Gasteiger partial charge >= 0.3 is 0 Å². The number of hydrogen-bond acceptors (Lipinski definition) is 5. The summed E-state index contributed by atoms with van der Waals surface area (Å²) in [4.78, 5) is 10.9. The zero-order valence-electron chi connectivity index (χ0n) is 15.6. The van der Waals surface area contributed by atoms with Gasteiger partial charge in [0.2, 0.25) is 0 Å². The van der Waals surface area contributed by atoms with Gasteiger partial charge in [-0.15, -0.1) is 0 Å². The SMILES string of the molecule is CC(O)c1cnc(-c2ccc(Sc3ccc(N)nc3)cc2)c(C#CC2CC2)c1. The molecule has 3 aromatic rings. The molecule has 1 aliphatic rings. The zero-order chi connectivity index (χ0) is 19.5. The monoisotopic (exact) mass is 387 g/mol. The van der Waals surface area contributed by atoms with Crippen molar-refractivity contribution in [2.75, 3.05) is 5.73 Å². The van der Waals surface area contributed by atoms with Crippen LogP contribution in [0.4, 0.5) is 5.82 Å². The number of hydrogen-bond donors (Lipinski definition) is 2. The van der Waals surface area contributed by atoms with Crippen molar-refractivity contribution in [3.8, 4) is 23.1 Å². The molecular weight excluding hydrogens is 366 g/mol. The maximum absolute atomic E-state index is 9.89. The van der Waals surface area contributed by atoms with E-state index < -0.39 is 6.10 Å². The lowest BCUT2D eigenvalue weighted by Crippen LogP contribution is -1.97. The number of pyridine rings is 2. The standard InChI is InChI=1S/C23H21N3OS/c1-15(27)19-12-18(5-4-16-2-3-16)23(26-13-19)17-6-8-20(9-7-17)28-21-10-11-22(24)25-14-21/h6-16,27H,2-3H2,1H3,(H2,24,25). The van der Waals surface area contributed by atoms with E-state index in [1.54, 1.807) is 37.1 Å². The van der Waals surface area contributed by atoms with Crippen molar-refractivity contribution in [3.63, 3.8) is 0 Å². The second-order valence-corrected chi connectivity index (χ2v) is 8.08. The van der Waals surface area contributed by atoms with E-state index in [0.717, 1.165) is 32.2 Å². The number of rotatable bonds is 4. The van der Waals surface area contributed by atoms with Gasteiger partial charge in [0.25, 0.3) is 0 Å². The van der Waals surface area contributed by atoms with E-state index in [0.29, 0.717) is 11.7 Å². The number of nitrogen functional groups attached to an aromatic ring is 1. The summed E-state index contributed by atoms with van der Waals surface area (Å²) in [6.45, 7) is 1.74. The molecule has 0 aliphatic heterocycles. The third-order valence-corrected chi connectivity index (χ3v) is 5.49. The van der Waals surface area contributed by atoms with Crippen LogP contribution in [0.5, 0.6) is 0 Å². The van der Waals surface area contributed by atoms with E-state index in [1.807, 2.05) is 12.1 Å². The highest BCUT2D eigenvalue weighted by Crippen LogP contribution is 2.31. The van der Waals surface area contributed by atoms with E-state index in [2.05, 4.69) is 46.1 Å². The van der Waals surface area contributed by atoms with Crippen LogP contribution in [0.15, 0.2) is 64.6 Å². The molecule has 1 aromatic carbocycles. The van der Waals surface area contributed by atoms with E-state index in [1.165, 1.54) is 12.8 Å². The van der Waals surface area contributed by atoms with Crippen LogP contribution in [0.25, 0.3) is 11.3 Å². The number of aromatic nitrogens is 2. The van der Waals surface area contributed by atoms with Crippen LogP contribution in [-0.4, -0.2) is 15.1 Å². The third kappa shape index (κ3) is 4.53. The predicted molar refractivity (Wildman–Crippen MR) is 113 cm³/mol. The summed E-state index contributed by atoms with van der Waals surface area (Å²) in [5.41, 5.74) is 9.16. The van der Waals surface area contributed by atoms with Crippen LogP contribution in [0, 0.1) is 17.8 Å². The first-order valence-electron chi connectivity index (χ1n) is 9.28. The van der Waals surface area contributed by atoms with E-state index in [9.17, 15) is 5.11 Å². The minimum Gasteiger partial charge on any atom is -0.389 e. The Hall–Kier alpha value is -2.81. The number of aliphatic hydroxyl groups excluding tert-OH is 1. The van der Waals surface area contributed by atoms with E-state index in [-0.39, 0.29) is 0 Å². The average molecular weight is 388 g/mol.